The zero-order valence-electron chi connectivity index (χ0n) is 17.2. The second-order valence-electron chi connectivity index (χ2n) is 8.57. The number of hydrogen-bond donors (Lipinski definition) is 2. The number of carbonyl (C=O) groups excluding carboxylic acids is 1. The maximum absolute atomic E-state index is 13.4. The quantitative estimate of drug-likeness (QED) is 0.782. The van der Waals surface area contributed by atoms with Crippen molar-refractivity contribution in [2.24, 2.45) is 0 Å². The summed E-state index contributed by atoms with van der Waals surface area (Å²) in [5, 5.41) is 21.4. The number of carbonyl (C=O) groups is 1. The molecule has 1 aromatic heterocycles. The number of piperidine rings is 1. The molecule has 3 heterocycles. The molecule has 8 nitrogen and oxygen atoms in total. The van der Waals surface area contributed by atoms with Crippen molar-refractivity contribution in [3.63, 3.8) is 0 Å². The number of ether oxygens (including phenoxy) is 1. The lowest BCUT2D eigenvalue weighted by molar-refractivity contribution is -0.181. The molecule has 162 valence electrons. The lowest BCUT2D eigenvalue weighted by Crippen LogP contribution is -2.65. The number of benzene rings is 1. The molecule has 30 heavy (non-hydrogen) atoms. The van der Waals surface area contributed by atoms with Crippen LogP contribution in [-0.4, -0.2) is 63.1 Å². The summed E-state index contributed by atoms with van der Waals surface area (Å²) >= 11 is 0. The van der Waals surface area contributed by atoms with Gasteiger partial charge in [-0.15, -0.1) is 10.2 Å². The number of nitrogens with one attached hydrogen (secondary N) is 1. The first-order chi connectivity index (χ1) is 14.3. The number of aliphatic hydroxyl groups excluding tert-OH is 1. The fourth-order valence-corrected chi connectivity index (χ4v) is 4.49. The van der Waals surface area contributed by atoms with Crippen LogP contribution < -0.4 is 5.32 Å². The van der Waals surface area contributed by atoms with Crippen molar-refractivity contribution >= 4 is 5.91 Å². The van der Waals surface area contributed by atoms with Crippen LogP contribution in [0.3, 0.4) is 0 Å². The van der Waals surface area contributed by atoms with Crippen molar-refractivity contribution in [3.05, 3.63) is 36.0 Å². The van der Waals surface area contributed by atoms with Crippen LogP contribution in [0.25, 0.3) is 11.5 Å². The Morgan fingerprint density at radius 2 is 2.13 bits per heavy atom. The summed E-state index contributed by atoms with van der Waals surface area (Å²) in [6.07, 6.45) is 1.39. The van der Waals surface area contributed by atoms with Crippen molar-refractivity contribution in [2.75, 3.05) is 19.7 Å². The Bertz CT molecular complexity index is 912. The van der Waals surface area contributed by atoms with E-state index >= 15 is 0 Å². The van der Waals surface area contributed by atoms with Gasteiger partial charge in [-0.3, -0.25) is 9.69 Å². The molecular weight excluding hydrogens is 391 g/mol. The van der Waals surface area contributed by atoms with Gasteiger partial charge >= 0.3 is 0 Å². The van der Waals surface area contributed by atoms with E-state index in [0.717, 1.165) is 25.9 Å². The fourth-order valence-electron chi connectivity index (χ4n) is 4.49. The van der Waals surface area contributed by atoms with E-state index < -0.39 is 11.6 Å². The highest BCUT2D eigenvalue weighted by Gasteiger charge is 2.49. The van der Waals surface area contributed by atoms with Crippen LogP contribution in [0.5, 0.6) is 0 Å². The van der Waals surface area contributed by atoms with E-state index in [2.05, 4.69) is 20.4 Å². The summed E-state index contributed by atoms with van der Waals surface area (Å²) in [4.78, 5) is 13.8. The van der Waals surface area contributed by atoms with E-state index in [1.807, 2.05) is 6.92 Å². The number of aromatic nitrogens is 2. The first kappa shape index (κ1) is 20.9. The van der Waals surface area contributed by atoms with Crippen LogP contribution in [0, 0.1) is 5.82 Å². The van der Waals surface area contributed by atoms with Gasteiger partial charge in [0.25, 0.3) is 0 Å². The number of aliphatic hydroxyl groups is 1. The van der Waals surface area contributed by atoms with Crippen molar-refractivity contribution in [1.82, 2.24) is 20.4 Å². The summed E-state index contributed by atoms with van der Waals surface area (Å²) < 4.78 is 25.2. The van der Waals surface area contributed by atoms with E-state index in [9.17, 15) is 14.3 Å². The molecule has 2 aliphatic heterocycles. The van der Waals surface area contributed by atoms with Crippen LogP contribution in [0.2, 0.25) is 0 Å². The molecule has 1 aromatic carbocycles. The average molecular weight is 418 g/mol. The maximum Gasteiger partial charge on any atom is 0.247 e. The maximum atomic E-state index is 13.4. The van der Waals surface area contributed by atoms with Gasteiger partial charge in [-0.1, -0.05) is 6.07 Å². The molecule has 2 saturated heterocycles. The minimum atomic E-state index is -0.732. The minimum Gasteiger partial charge on any atom is -0.419 e. The molecule has 2 aliphatic rings. The Balaban J connectivity index is 1.37. The molecule has 0 bridgehead atoms. The SMILES string of the molecule is CC(=O)N[C@]1(C)CC2(CCN(Cc3nnc(-c4cccc(F)c4)o3)CC2)OC[C@H]1O. The van der Waals surface area contributed by atoms with E-state index in [4.69, 9.17) is 9.15 Å². The third kappa shape index (κ3) is 4.38. The van der Waals surface area contributed by atoms with E-state index in [0.29, 0.717) is 30.3 Å². The highest BCUT2D eigenvalue weighted by atomic mass is 19.1. The predicted molar refractivity (Wildman–Crippen MR) is 106 cm³/mol. The Labute approximate surface area is 174 Å². The molecule has 0 aliphatic carbocycles. The van der Waals surface area contributed by atoms with E-state index in [1.54, 1.807) is 12.1 Å². The molecule has 2 fully saturated rings. The second-order valence-corrected chi connectivity index (χ2v) is 8.57. The smallest absolute Gasteiger partial charge is 0.247 e. The van der Waals surface area contributed by atoms with Gasteiger partial charge in [-0.2, -0.15) is 0 Å². The molecule has 4 rings (SSSR count). The lowest BCUT2D eigenvalue weighted by Gasteiger charge is -2.51. The third-order valence-corrected chi connectivity index (χ3v) is 6.10. The van der Waals surface area contributed by atoms with Gasteiger partial charge in [0, 0.05) is 32.0 Å². The number of hydrogen-bond acceptors (Lipinski definition) is 7. The third-order valence-electron chi connectivity index (χ3n) is 6.10. The topological polar surface area (TPSA) is 101 Å². The molecule has 0 unspecified atom stereocenters. The molecule has 2 aromatic rings. The number of halogens is 1. The highest BCUT2D eigenvalue weighted by molar-refractivity contribution is 5.74. The Kier molecular flexibility index (Phi) is 5.61. The average Bonchev–Trinajstić information content (AvgIpc) is 3.15. The van der Waals surface area contributed by atoms with Gasteiger partial charge in [-0.25, -0.2) is 4.39 Å². The van der Waals surface area contributed by atoms with Crippen LogP contribution in [0.1, 0.15) is 39.0 Å². The number of likely N-dealkylation sites (tertiary alicyclic amines) is 1. The highest BCUT2D eigenvalue weighted by Crippen LogP contribution is 2.40. The van der Waals surface area contributed by atoms with Gasteiger partial charge in [0.2, 0.25) is 17.7 Å². The van der Waals surface area contributed by atoms with Crippen molar-refractivity contribution < 1.29 is 23.4 Å². The molecule has 1 amide bonds. The van der Waals surface area contributed by atoms with Crippen LogP contribution in [-0.2, 0) is 16.1 Å². The van der Waals surface area contributed by atoms with E-state index in [1.165, 1.54) is 19.1 Å². The zero-order chi connectivity index (χ0) is 21.4. The van der Waals surface area contributed by atoms with Crippen molar-refractivity contribution in [1.29, 1.82) is 0 Å². The Morgan fingerprint density at radius 1 is 1.37 bits per heavy atom. The minimum absolute atomic E-state index is 0.156. The summed E-state index contributed by atoms with van der Waals surface area (Å²) in [5.74, 6) is 0.274. The molecule has 9 heteroatoms. The fraction of sp³-hybridized carbons (Fsp3) is 0.571. The first-order valence-corrected chi connectivity index (χ1v) is 10.2. The van der Waals surface area contributed by atoms with Gasteiger partial charge in [-0.05, 0) is 38.0 Å². The molecule has 1 spiro atoms. The molecule has 2 N–H and O–H groups in total. The number of amides is 1. The zero-order valence-corrected chi connectivity index (χ0v) is 17.2. The summed E-state index contributed by atoms with van der Waals surface area (Å²) in [6.45, 7) is 5.59. The predicted octanol–water partition coefficient (Wildman–Crippen LogP) is 1.89. The normalized spacial score (nSPS) is 26.6. The standard InChI is InChI=1S/C21H27FN4O4/c1-14(27)23-20(2)13-21(29-12-17(20)28)6-8-26(9-7-21)11-18-24-25-19(30-18)15-4-3-5-16(22)10-15/h3-5,10,17,28H,6-9,11-13H2,1-2H3,(H,23,27)/t17-,20-/m1/s1. The largest absolute Gasteiger partial charge is 0.419 e. The monoisotopic (exact) mass is 418 g/mol. The summed E-state index contributed by atoms with van der Waals surface area (Å²) in [5.41, 5.74) is -0.509. The summed E-state index contributed by atoms with van der Waals surface area (Å²) in [6, 6.07) is 6.07. The Hall–Kier alpha value is -2.36. The Morgan fingerprint density at radius 3 is 2.83 bits per heavy atom. The molecular formula is C21H27FN4O4. The number of rotatable bonds is 4. The second kappa shape index (κ2) is 8.05. The molecule has 0 saturated carbocycles. The van der Waals surface area contributed by atoms with E-state index in [-0.39, 0.29) is 23.9 Å². The summed E-state index contributed by atoms with van der Waals surface area (Å²) in [7, 11) is 0. The molecule has 2 atom stereocenters. The first-order valence-electron chi connectivity index (χ1n) is 10.2. The van der Waals surface area contributed by atoms with Crippen molar-refractivity contribution in [3.8, 4) is 11.5 Å². The van der Waals surface area contributed by atoms with Gasteiger partial charge in [0.1, 0.15) is 11.9 Å². The van der Waals surface area contributed by atoms with Gasteiger partial charge in [0.05, 0.1) is 24.3 Å². The van der Waals surface area contributed by atoms with Gasteiger partial charge in [0.15, 0.2) is 0 Å². The van der Waals surface area contributed by atoms with Crippen LogP contribution >= 0.6 is 0 Å². The number of nitrogens with zero attached hydrogens (tertiary/aromatic N) is 3. The van der Waals surface area contributed by atoms with Crippen molar-refractivity contribution in [2.45, 2.75) is 56.9 Å². The van der Waals surface area contributed by atoms with Gasteiger partial charge < -0.3 is 19.6 Å². The van der Waals surface area contributed by atoms with Crippen LogP contribution in [0.4, 0.5) is 4.39 Å². The van der Waals surface area contributed by atoms with Crippen LogP contribution in [0.15, 0.2) is 28.7 Å². The molecule has 0 radical (unpaired) electrons. The lowest BCUT2D eigenvalue weighted by atomic mass is 9.74.